The Morgan fingerprint density at radius 1 is 1.32 bits per heavy atom. The molecule has 2 N–H and O–H groups in total. The first-order valence-corrected chi connectivity index (χ1v) is 9.84. The van der Waals surface area contributed by atoms with E-state index in [0.717, 1.165) is 48.9 Å². The molecule has 0 spiro atoms. The second kappa shape index (κ2) is 7.32. The first-order chi connectivity index (χ1) is 12.3. The van der Waals surface area contributed by atoms with E-state index < -0.39 is 0 Å². The van der Waals surface area contributed by atoms with Crippen LogP contribution in [-0.4, -0.2) is 39.2 Å². The number of hydrogen-bond acceptors (Lipinski definition) is 6. The summed E-state index contributed by atoms with van der Waals surface area (Å²) in [5, 5.41) is 14.0. The highest BCUT2D eigenvalue weighted by molar-refractivity contribution is 7.99. The highest BCUT2D eigenvalue weighted by Crippen LogP contribution is 2.42. The lowest BCUT2D eigenvalue weighted by molar-refractivity contribution is 0.154. The molecule has 1 aromatic heterocycles. The smallest absolute Gasteiger partial charge is 0.163 e. The van der Waals surface area contributed by atoms with Crippen molar-refractivity contribution in [2.45, 2.75) is 48.7 Å². The highest BCUT2D eigenvalue weighted by atomic mass is 32.2. The van der Waals surface area contributed by atoms with Gasteiger partial charge in [-0.25, -0.2) is 9.97 Å². The van der Waals surface area contributed by atoms with E-state index in [0.29, 0.717) is 18.6 Å². The molecule has 132 valence electrons. The van der Waals surface area contributed by atoms with Crippen molar-refractivity contribution in [1.82, 2.24) is 14.9 Å². The lowest BCUT2D eigenvalue weighted by Crippen LogP contribution is -2.33. The molecular formula is C19H24N4OS. The fourth-order valence-corrected chi connectivity index (χ4v) is 4.80. The molecular weight excluding hydrogens is 332 g/mol. The standard InChI is InChI=1S/C19H24N4OS/c1-2-3-16-14(12-24)6-9-23(16)11-13-4-5-17-15(10-13)22-18-19(25-17)21-8-7-20-18/h4-5,7-8,10,14,16,24H,2-3,6,9,11-12H2,1H3,(H,20,22). The summed E-state index contributed by atoms with van der Waals surface area (Å²) in [6.45, 7) is 4.54. The Morgan fingerprint density at radius 3 is 3.04 bits per heavy atom. The van der Waals surface area contributed by atoms with E-state index in [1.54, 1.807) is 24.2 Å². The van der Waals surface area contributed by atoms with Crippen LogP contribution in [0.15, 0.2) is 40.5 Å². The minimum atomic E-state index is 0.305. The second-order valence-corrected chi connectivity index (χ2v) is 7.86. The molecule has 0 aliphatic carbocycles. The number of benzene rings is 1. The van der Waals surface area contributed by atoms with Gasteiger partial charge in [0.15, 0.2) is 5.82 Å². The minimum absolute atomic E-state index is 0.305. The van der Waals surface area contributed by atoms with E-state index in [1.807, 2.05) is 0 Å². The molecule has 4 rings (SSSR count). The number of anilines is 2. The second-order valence-electron chi connectivity index (χ2n) is 6.83. The molecule has 0 saturated carbocycles. The van der Waals surface area contributed by atoms with Crippen LogP contribution in [-0.2, 0) is 6.54 Å². The normalized spacial score (nSPS) is 22.3. The Hall–Kier alpha value is -1.63. The molecule has 25 heavy (non-hydrogen) atoms. The third kappa shape index (κ3) is 3.38. The SMILES string of the molecule is CCCC1C(CO)CCN1Cc1ccc2c(c1)Nc1nccnc1S2. The van der Waals surface area contributed by atoms with Gasteiger partial charge in [0.1, 0.15) is 5.03 Å². The van der Waals surface area contributed by atoms with Gasteiger partial charge in [0, 0.05) is 36.5 Å². The van der Waals surface area contributed by atoms with Crippen LogP contribution in [0.1, 0.15) is 31.7 Å². The van der Waals surface area contributed by atoms with Crippen molar-refractivity contribution >= 4 is 23.3 Å². The number of aliphatic hydroxyl groups excluding tert-OH is 1. The average Bonchev–Trinajstić information content (AvgIpc) is 3.02. The number of aliphatic hydroxyl groups is 1. The molecule has 2 unspecified atom stereocenters. The summed E-state index contributed by atoms with van der Waals surface area (Å²) in [5.41, 5.74) is 2.42. The van der Waals surface area contributed by atoms with Gasteiger partial charge in [0.2, 0.25) is 0 Å². The van der Waals surface area contributed by atoms with Gasteiger partial charge < -0.3 is 10.4 Å². The van der Waals surface area contributed by atoms with Crippen LogP contribution in [0.5, 0.6) is 0 Å². The Kier molecular flexibility index (Phi) is 4.92. The zero-order chi connectivity index (χ0) is 17.2. The van der Waals surface area contributed by atoms with Crippen LogP contribution >= 0.6 is 11.8 Å². The fraction of sp³-hybridized carbons (Fsp3) is 0.474. The largest absolute Gasteiger partial charge is 0.396 e. The Bertz CT molecular complexity index is 754. The molecule has 2 aromatic rings. The van der Waals surface area contributed by atoms with Gasteiger partial charge in [-0.15, -0.1) is 0 Å². The van der Waals surface area contributed by atoms with Gasteiger partial charge in [0.05, 0.1) is 5.69 Å². The first kappa shape index (κ1) is 16.8. The molecule has 1 saturated heterocycles. The highest BCUT2D eigenvalue weighted by Gasteiger charge is 2.32. The number of hydrogen-bond donors (Lipinski definition) is 2. The number of likely N-dealkylation sites (tertiary alicyclic amines) is 1. The van der Waals surface area contributed by atoms with Gasteiger partial charge in [-0.3, -0.25) is 4.90 Å². The monoisotopic (exact) mass is 356 g/mol. The van der Waals surface area contributed by atoms with Crippen LogP contribution < -0.4 is 5.32 Å². The molecule has 1 fully saturated rings. The maximum atomic E-state index is 9.65. The summed E-state index contributed by atoms with van der Waals surface area (Å²) in [6.07, 6.45) is 6.87. The zero-order valence-electron chi connectivity index (χ0n) is 14.5. The van der Waals surface area contributed by atoms with E-state index in [1.165, 1.54) is 10.5 Å². The Morgan fingerprint density at radius 2 is 2.20 bits per heavy atom. The molecule has 3 heterocycles. The van der Waals surface area contributed by atoms with Gasteiger partial charge in [0.25, 0.3) is 0 Å². The third-order valence-electron chi connectivity index (χ3n) is 5.17. The first-order valence-electron chi connectivity index (χ1n) is 9.02. The molecule has 2 aliphatic heterocycles. The van der Waals surface area contributed by atoms with Crippen molar-refractivity contribution in [2.75, 3.05) is 18.5 Å². The number of aromatic nitrogens is 2. The molecule has 1 aromatic carbocycles. The topological polar surface area (TPSA) is 61.3 Å². The molecule has 0 radical (unpaired) electrons. The molecule has 2 aliphatic rings. The van der Waals surface area contributed by atoms with E-state index in [9.17, 15) is 5.11 Å². The zero-order valence-corrected chi connectivity index (χ0v) is 15.3. The molecule has 0 bridgehead atoms. The number of nitrogens with zero attached hydrogens (tertiary/aromatic N) is 3. The van der Waals surface area contributed by atoms with E-state index in [-0.39, 0.29) is 0 Å². The van der Waals surface area contributed by atoms with Gasteiger partial charge >= 0.3 is 0 Å². The van der Waals surface area contributed by atoms with Crippen molar-refractivity contribution in [3.63, 3.8) is 0 Å². The lowest BCUT2D eigenvalue weighted by Gasteiger charge is -2.28. The van der Waals surface area contributed by atoms with E-state index >= 15 is 0 Å². The lowest BCUT2D eigenvalue weighted by atomic mass is 9.97. The van der Waals surface area contributed by atoms with Crippen molar-refractivity contribution < 1.29 is 5.11 Å². The summed E-state index contributed by atoms with van der Waals surface area (Å²) >= 11 is 1.66. The maximum Gasteiger partial charge on any atom is 0.163 e. The summed E-state index contributed by atoms with van der Waals surface area (Å²) in [6, 6.07) is 7.12. The van der Waals surface area contributed by atoms with Gasteiger partial charge in [-0.1, -0.05) is 31.2 Å². The van der Waals surface area contributed by atoms with E-state index in [2.05, 4.69) is 45.3 Å². The summed E-state index contributed by atoms with van der Waals surface area (Å²) < 4.78 is 0. The summed E-state index contributed by atoms with van der Waals surface area (Å²) in [4.78, 5) is 12.5. The number of rotatable bonds is 5. The third-order valence-corrected chi connectivity index (χ3v) is 6.24. The van der Waals surface area contributed by atoms with Crippen LogP contribution in [0.3, 0.4) is 0 Å². The average molecular weight is 356 g/mol. The van der Waals surface area contributed by atoms with Crippen LogP contribution in [0.2, 0.25) is 0 Å². The Labute approximate surface area is 152 Å². The van der Waals surface area contributed by atoms with Crippen LogP contribution in [0, 0.1) is 5.92 Å². The van der Waals surface area contributed by atoms with E-state index in [4.69, 9.17) is 0 Å². The number of fused-ring (bicyclic) bond motifs is 2. The predicted octanol–water partition coefficient (Wildman–Crippen LogP) is 3.67. The maximum absolute atomic E-state index is 9.65. The van der Waals surface area contributed by atoms with Crippen molar-refractivity contribution in [3.8, 4) is 0 Å². The van der Waals surface area contributed by atoms with Crippen molar-refractivity contribution in [1.29, 1.82) is 0 Å². The molecule has 0 amide bonds. The van der Waals surface area contributed by atoms with Crippen molar-refractivity contribution in [2.24, 2.45) is 5.92 Å². The summed E-state index contributed by atoms with van der Waals surface area (Å²) in [7, 11) is 0. The minimum Gasteiger partial charge on any atom is -0.396 e. The fourth-order valence-electron chi connectivity index (χ4n) is 3.93. The van der Waals surface area contributed by atoms with Gasteiger partial charge in [-0.2, -0.15) is 0 Å². The quantitative estimate of drug-likeness (QED) is 0.727. The molecule has 2 atom stereocenters. The van der Waals surface area contributed by atoms with Crippen molar-refractivity contribution in [3.05, 3.63) is 36.2 Å². The van der Waals surface area contributed by atoms with Crippen LogP contribution in [0.4, 0.5) is 11.5 Å². The predicted molar refractivity (Wildman–Crippen MR) is 100 cm³/mol. The molecule has 5 nitrogen and oxygen atoms in total. The van der Waals surface area contributed by atoms with Crippen LogP contribution in [0.25, 0.3) is 0 Å². The van der Waals surface area contributed by atoms with Gasteiger partial charge in [-0.05, 0) is 43.0 Å². The number of nitrogens with one attached hydrogen (secondary N) is 1. The summed E-state index contributed by atoms with van der Waals surface area (Å²) in [5.74, 6) is 1.26. The Balaban J connectivity index is 1.51. The molecule has 6 heteroatoms.